The Balaban J connectivity index is 1.26. The number of carbonyl (C=O) groups excluding carboxylic acids is 1. The van der Waals surface area contributed by atoms with E-state index in [4.69, 9.17) is 16.5 Å². The van der Waals surface area contributed by atoms with Gasteiger partial charge in [-0.05, 0) is 55.5 Å². The number of nitrogen functional groups attached to an aromatic ring is 1. The molecule has 2 aliphatic rings. The molecule has 0 spiro atoms. The number of anilines is 2. The van der Waals surface area contributed by atoms with Gasteiger partial charge in [0.1, 0.15) is 16.5 Å². The lowest BCUT2D eigenvalue weighted by molar-refractivity contribution is 0.100. The highest BCUT2D eigenvalue weighted by Gasteiger charge is 2.22. The molecule has 0 bridgehead atoms. The van der Waals surface area contributed by atoms with Crippen LogP contribution in [-0.4, -0.2) is 47.0 Å². The van der Waals surface area contributed by atoms with Crippen LogP contribution in [0.5, 0.6) is 0 Å². The number of hydrogen-bond acceptors (Lipinski definition) is 7. The van der Waals surface area contributed by atoms with Crippen molar-refractivity contribution < 1.29 is 4.79 Å². The zero-order valence-electron chi connectivity index (χ0n) is 16.9. The maximum absolute atomic E-state index is 11.3. The third kappa shape index (κ3) is 3.61. The maximum Gasteiger partial charge on any atom is 0.248 e. The van der Waals surface area contributed by atoms with Gasteiger partial charge < -0.3 is 16.4 Å². The summed E-state index contributed by atoms with van der Waals surface area (Å²) < 4.78 is 0. The van der Waals surface area contributed by atoms with Crippen molar-refractivity contribution in [2.45, 2.75) is 32.2 Å². The second-order valence-electron chi connectivity index (χ2n) is 8.09. The highest BCUT2D eigenvalue weighted by molar-refractivity contribution is 7.19. The second-order valence-corrected chi connectivity index (χ2v) is 9.17. The molecular formula is C22H26N6OS. The maximum atomic E-state index is 11.3. The fourth-order valence-electron chi connectivity index (χ4n) is 4.50. The van der Waals surface area contributed by atoms with Crippen LogP contribution in [0.15, 0.2) is 24.3 Å². The Bertz CT molecular complexity index is 1090. The predicted octanol–water partition coefficient (Wildman–Crippen LogP) is 2.57. The number of thiophene rings is 1. The number of hydrogen-bond donors (Lipinski definition) is 2. The average molecular weight is 423 g/mol. The summed E-state index contributed by atoms with van der Waals surface area (Å²) in [6.45, 7) is 4.42. The van der Waals surface area contributed by atoms with Crippen molar-refractivity contribution in [3.05, 3.63) is 46.1 Å². The van der Waals surface area contributed by atoms with Gasteiger partial charge in [0, 0.05) is 42.3 Å². The summed E-state index contributed by atoms with van der Waals surface area (Å²) in [5, 5.41) is 1.10. The second kappa shape index (κ2) is 7.85. The topological polar surface area (TPSA) is 101 Å². The molecule has 2 aromatic heterocycles. The van der Waals surface area contributed by atoms with E-state index in [1.54, 1.807) is 23.5 Å². The van der Waals surface area contributed by atoms with Crippen LogP contribution in [0.1, 0.15) is 39.5 Å². The van der Waals surface area contributed by atoms with Gasteiger partial charge in [-0.3, -0.25) is 9.69 Å². The molecule has 156 valence electrons. The van der Waals surface area contributed by atoms with E-state index in [0.717, 1.165) is 67.3 Å². The Morgan fingerprint density at radius 1 is 1.03 bits per heavy atom. The summed E-state index contributed by atoms with van der Waals surface area (Å²) in [7, 11) is 0. The van der Waals surface area contributed by atoms with Crippen molar-refractivity contribution in [2.24, 2.45) is 5.73 Å². The molecule has 5 rings (SSSR count). The molecule has 8 heteroatoms. The number of benzene rings is 1. The number of aryl methyl sites for hydroxylation is 2. The average Bonchev–Trinajstić information content (AvgIpc) is 3.13. The summed E-state index contributed by atoms with van der Waals surface area (Å²) in [6.07, 6.45) is 4.74. The van der Waals surface area contributed by atoms with Gasteiger partial charge >= 0.3 is 0 Å². The number of piperazine rings is 1. The van der Waals surface area contributed by atoms with Gasteiger partial charge in [0.25, 0.3) is 0 Å². The van der Waals surface area contributed by atoms with E-state index in [0.29, 0.717) is 11.4 Å². The smallest absolute Gasteiger partial charge is 0.248 e. The van der Waals surface area contributed by atoms with Crippen molar-refractivity contribution in [2.75, 3.05) is 36.8 Å². The minimum Gasteiger partial charge on any atom is -0.383 e. The number of amides is 1. The minimum absolute atomic E-state index is 0.394. The molecule has 3 heterocycles. The lowest BCUT2D eigenvalue weighted by Gasteiger charge is -2.35. The first kappa shape index (κ1) is 19.3. The van der Waals surface area contributed by atoms with Crippen LogP contribution >= 0.6 is 11.3 Å². The van der Waals surface area contributed by atoms with Crippen LogP contribution in [0.2, 0.25) is 0 Å². The zero-order chi connectivity index (χ0) is 20.7. The fourth-order valence-corrected chi connectivity index (χ4v) is 5.79. The summed E-state index contributed by atoms with van der Waals surface area (Å²) in [5.41, 5.74) is 14.7. The molecular weight excluding hydrogens is 396 g/mol. The number of nitrogens with two attached hydrogens (primary N) is 2. The molecule has 0 radical (unpaired) electrons. The first-order valence-corrected chi connectivity index (χ1v) is 11.3. The van der Waals surface area contributed by atoms with Gasteiger partial charge in [-0.1, -0.05) is 0 Å². The third-order valence-electron chi connectivity index (χ3n) is 6.14. The number of fused-ring (bicyclic) bond motifs is 3. The normalized spacial score (nSPS) is 17.3. The monoisotopic (exact) mass is 422 g/mol. The molecule has 0 unspecified atom stereocenters. The summed E-state index contributed by atoms with van der Waals surface area (Å²) >= 11 is 1.80. The van der Waals surface area contributed by atoms with E-state index in [1.807, 2.05) is 12.1 Å². The number of primary amides is 1. The zero-order valence-corrected chi connectivity index (χ0v) is 17.7. The number of rotatable bonds is 4. The first-order chi connectivity index (χ1) is 14.6. The van der Waals surface area contributed by atoms with Crippen LogP contribution in [-0.2, 0) is 19.4 Å². The molecule has 3 aromatic rings. The van der Waals surface area contributed by atoms with Gasteiger partial charge in [-0.25, -0.2) is 9.97 Å². The molecule has 1 aliphatic heterocycles. The standard InChI is InChI=1S/C22H26N6OS/c23-20-19-16-3-1-2-4-17(16)30-22(19)26-18(25-20)13-27-9-11-28(12-10-27)15-7-5-14(6-8-15)21(24)29/h5-8H,1-4,9-13H2,(H2,24,29)(H2,23,25,26). The van der Waals surface area contributed by atoms with E-state index in [1.165, 1.54) is 23.3 Å². The molecule has 1 saturated heterocycles. The minimum atomic E-state index is -0.394. The number of carbonyl (C=O) groups is 1. The van der Waals surface area contributed by atoms with Crippen molar-refractivity contribution in [3.63, 3.8) is 0 Å². The Kier molecular flexibility index (Phi) is 5.04. The van der Waals surface area contributed by atoms with Gasteiger partial charge in [0.2, 0.25) is 5.91 Å². The molecule has 4 N–H and O–H groups in total. The Labute approximate surface area is 179 Å². The van der Waals surface area contributed by atoms with E-state index in [-0.39, 0.29) is 0 Å². The summed E-state index contributed by atoms with van der Waals surface area (Å²) in [6, 6.07) is 7.51. The van der Waals surface area contributed by atoms with Gasteiger partial charge in [0.05, 0.1) is 11.9 Å². The first-order valence-electron chi connectivity index (χ1n) is 10.5. The van der Waals surface area contributed by atoms with Crippen LogP contribution in [0.3, 0.4) is 0 Å². The molecule has 7 nitrogen and oxygen atoms in total. The number of nitrogens with zero attached hydrogens (tertiary/aromatic N) is 4. The van der Waals surface area contributed by atoms with E-state index in [9.17, 15) is 4.79 Å². The number of aromatic nitrogens is 2. The lowest BCUT2D eigenvalue weighted by atomic mass is 9.97. The van der Waals surface area contributed by atoms with Crippen LogP contribution in [0.4, 0.5) is 11.5 Å². The van der Waals surface area contributed by atoms with E-state index < -0.39 is 5.91 Å². The molecule has 0 atom stereocenters. The molecule has 1 aromatic carbocycles. The van der Waals surface area contributed by atoms with Crippen molar-refractivity contribution in [1.82, 2.24) is 14.9 Å². The highest BCUT2D eigenvalue weighted by Crippen LogP contribution is 2.37. The Morgan fingerprint density at radius 3 is 2.50 bits per heavy atom. The third-order valence-corrected chi connectivity index (χ3v) is 7.33. The van der Waals surface area contributed by atoms with Gasteiger partial charge in [-0.15, -0.1) is 11.3 Å². The van der Waals surface area contributed by atoms with Crippen LogP contribution in [0, 0.1) is 0 Å². The van der Waals surface area contributed by atoms with E-state index in [2.05, 4.69) is 14.8 Å². The molecule has 1 aliphatic carbocycles. The molecule has 1 amide bonds. The van der Waals surface area contributed by atoms with Crippen molar-refractivity contribution in [1.29, 1.82) is 0 Å². The quantitative estimate of drug-likeness (QED) is 0.670. The van der Waals surface area contributed by atoms with Crippen LogP contribution < -0.4 is 16.4 Å². The fraction of sp³-hybridized carbons (Fsp3) is 0.409. The molecule has 30 heavy (non-hydrogen) atoms. The summed E-state index contributed by atoms with van der Waals surface area (Å²) in [5.74, 6) is 1.06. The largest absolute Gasteiger partial charge is 0.383 e. The van der Waals surface area contributed by atoms with Crippen molar-refractivity contribution in [3.8, 4) is 0 Å². The predicted molar refractivity (Wildman–Crippen MR) is 121 cm³/mol. The SMILES string of the molecule is NC(=O)c1ccc(N2CCN(Cc3nc(N)c4c5c(sc4n3)CCCC5)CC2)cc1. The van der Waals surface area contributed by atoms with Gasteiger partial charge in [0.15, 0.2) is 0 Å². The lowest BCUT2D eigenvalue weighted by Crippen LogP contribution is -2.46. The van der Waals surface area contributed by atoms with Crippen molar-refractivity contribution >= 4 is 39.0 Å². The summed E-state index contributed by atoms with van der Waals surface area (Å²) in [4.78, 5) is 28.0. The Morgan fingerprint density at radius 2 is 1.77 bits per heavy atom. The Hall–Kier alpha value is -2.71. The highest BCUT2D eigenvalue weighted by atomic mass is 32.1. The van der Waals surface area contributed by atoms with Crippen LogP contribution in [0.25, 0.3) is 10.2 Å². The molecule has 0 saturated carbocycles. The van der Waals surface area contributed by atoms with Gasteiger partial charge in [-0.2, -0.15) is 0 Å². The van der Waals surface area contributed by atoms with E-state index >= 15 is 0 Å². The molecule has 1 fully saturated rings.